The highest BCUT2D eigenvalue weighted by molar-refractivity contribution is 5.84. The number of allylic oxidation sites excluding steroid dienone is 3. The molecule has 1 saturated carbocycles. The molecule has 0 saturated heterocycles. The van der Waals surface area contributed by atoms with Crippen molar-refractivity contribution < 1.29 is 19.8 Å². The monoisotopic (exact) mass is 482 g/mol. The van der Waals surface area contributed by atoms with Gasteiger partial charge in [-0.2, -0.15) is 0 Å². The van der Waals surface area contributed by atoms with Gasteiger partial charge in [-0.3, -0.25) is 4.90 Å². The minimum atomic E-state index is -1.14. The van der Waals surface area contributed by atoms with Gasteiger partial charge in [0.05, 0.1) is 5.54 Å². The number of carbonyl (C=O) groups excluding carboxylic acids is 1. The Balaban J connectivity index is 1.39. The Morgan fingerprint density at radius 1 is 1.31 bits per heavy atom. The van der Waals surface area contributed by atoms with Crippen LogP contribution in [0.15, 0.2) is 35.6 Å². The molecular weight excluding hydrogens is 444 g/mol. The van der Waals surface area contributed by atoms with Crippen LogP contribution in [-0.4, -0.2) is 56.8 Å². The zero-order valence-electron chi connectivity index (χ0n) is 21.0. The lowest BCUT2D eigenvalue weighted by Crippen LogP contribution is -2.60. The molecule has 1 aromatic heterocycles. The molecule has 0 aromatic carbocycles. The lowest BCUT2D eigenvalue weighted by molar-refractivity contribution is -0.139. The molecule has 2 atom stereocenters. The van der Waals surface area contributed by atoms with Crippen LogP contribution in [-0.2, 0) is 17.6 Å². The highest BCUT2D eigenvalue weighted by Crippen LogP contribution is 2.48. The number of nitrogens with one attached hydrogen (secondary N) is 2. The molecule has 190 valence electrons. The average Bonchev–Trinajstić information content (AvgIpc) is 2.76. The number of pyridine rings is 1. The van der Waals surface area contributed by atoms with Crippen LogP contribution in [0.1, 0.15) is 64.1 Å². The number of hydrogen-bond acceptors (Lipinski definition) is 5. The molecule has 3 heterocycles. The first-order valence-electron chi connectivity index (χ1n) is 12.8. The molecule has 2 aliphatic heterocycles. The highest BCUT2D eigenvalue weighted by atomic mass is 16.4. The first kappa shape index (κ1) is 25.2. The summed E-state index contributed by atoms with van der Waals surface area (Å²) in [5.41, 5.74) is 3.81. The average molecular weight is 483 g/mol. The lowest BCUT2D eigenvalue weighted by Gasteiger charge is -2.53. The number of aliphatic hydroxyl groups excluding tert-OH is 1. The van der Waals surface area contributed by atoms with Gasteiger partial charge in [0.2, 0.25) is 0 Å². The van der Waals surface area contributed by atoms with Crippen molar-refractivity contribution in [1.29, 1.82) is 0 Å². The Labute approximate surface area is 207 Å². The number of hydrogen-bond donors (Lipinski definition) is 4. The Morgan fingerprint density at radius 2 is 2.09 bits per heavy atom. The Kier molecular flexibility index (Phi) is 7.50. The highest BCUT2D eigenvalue weighted by Gasteiger charge is 2.48. The second kappa shape index (κ2) is 10.4. The third-order valence-electron chi connectivity index (χ3n) is 7.83. The summed E-state index contributed by atoms with van der Waals surface area (Å²) in [5.74, 6) is 0.763. The molecule has 0 bridgehead atoms. The van der Waals surface area contributed by atoms with E-state index in [1.807, 2.05) is 19.9 Å². The zero-order chi connectivity index (χ0) is 25.2. The predicted octanol–water partition coefficient (Wildman–Crippen LogP) is 3.87. The SMILES string of the molecule is CC1=CC(C)(C2CC(CCc3ccc4c(n3)NCCC4)C2)N(C(=O)N[C@@H](CCO)C(=O)O)C(C)=C1. The van der Waals surface area contributed by atoms with Crippen LogP contribution in [0.2, 0.25) is 0 Å². The van der Waals surface area contributed by atoms with Crippen molar-refractivity contribution in [2.75, 3.05) is 18.5 Å². The third kappa shape index (κ3) is 5.37. The van der Waals surface area contributed by atoms with E-state index in [9.17, 15) is 19.8 Å². The fourth-order valence-corrected chi connectivity index (χ4v) is 5.93. The maximum atomic E-state index is 13.3. The fraction of sp³-hybridized carbons (Fsp3) is 0.593. The van der Waals surface area contributed by atoms with E-state index >= 15 is 0 Å². The van der Waals surface area contributed by atoms with E-state index in [-0.39, 0.29) is 18.9 Å². The number of carbonyl (C=O) groups is 2. The third-order valence-corrected chi connectivity index (χ3v) is 7.83. The van der Waals surface area contributed by atoms with E-state index in [1.165, 1.54) is 5.56 Å². The van der Waals surface area contributed by atoms with E-state index in [2.05, 4.69) is 35.8 Å². The normalized spacial score (nSPS) is 26.5. The van der Waals surface area contributed by atoms with Crippen molar-refractivity contribution in [2.24, 2.45) is 11.8 Å². The Hall–Kier alpha value is -2.87. The van der Waals surface area contributed by atoms with E-state index in [4.69, 9.17) is 4.98 Å². The van der Waals surface area contributed by atoms with Crippen molar-refractivity contribution >= 4 is 17.8 Å². The van der Waals surface area contributed by atoms with Crippen LogP contribution in [0.25, 0.3) is 0 Å². The number of aromatic nitrogens is 1. The number of amides is 2. The van der Waals surface area contributed by atoms with Gasteiger partial charge in [0, 0.05) is 31.0 Å². The van der Waals surface area contributed by atoms with E-state index in [0.29, 0.717) is 5.92 Å². The van der Waals surface area contributed by atoms with Gasteiger partial charge in [-0.1, -0.05) is 17.7 Å². The predicted molar refractivity (Wildman–Crippen MR) is 135 cm³/mol. The largest absolute Gasteiger partial charge is 0.480 e. The summed E-state index contributed by atoms with van der Waals surface area (Å²) < 4.78 is 0. The molecule has 3 aliphatic rings. The van der Waals surface area contributed by atoms with Gasteiger partial charge in [-0.15, -0.1) is 0 Å². The van der Waals surface area contributed by atoms with Crippen molar-refractivity contribution in [1.82, 2.24) is 15.2 Å². The van der Waals surface area contributed by atoms with Crippen molar-refractivity contribution in [3.8, 4) is 0 Å². The molecule has 1 aromatic rings. The number of aryl methyl sites for hydroxylation is 2. The van der Waals surface area contributed by atoms with E-state index < -0.39 is 23.6 Å². The summed E-state index contributed by atoms with van der Waals surface area (Å²) in [4.78, 5) is 31.3. The van der Waals surface area contributed by atoms with Crippen LogP contribution < -0.4 is 10.6 Å². The van der Waals surface area contributed by atoms with Crippen LogP contribution in [0, 0.1) is 11.8 Å². The van der Waals surface area contributed by atoms with Gasteiger partial charge in [-0.05, 0) is 88.8 Å². The Morgan fingerprint density at radius 3 is 2.80 bits per heavy atom. The molecule has 35 heavy (non-hydrogen) atoms. The molecule has 1 aliphatic carbocycles. The first-order valence-corrected chi connectivity index (χ1v) is 12.8. The number of carboxylic acids is 1. The quantitative estimate of drug-likeness (QED) is 0.447. The summed E-state index contributed by atoms with van der Waals surface area (Å²) in [6, 6.07) is 2.81. The topological polar surface area (TPSA) is 115 Å². The second-order valence-electron chi connectivity index (χ2n) is 10.5. The molecule has 4 rings (SSSR count). The summed E-state index contributed by atoms with van der Waals surface area (Å²) in [6.07, 6.45) is 10.4. The standard InChI is InChI=1S/C27H38N4O4/c1-17-13-18(2)31(26(35)30-23(10-12-32)25(33)34)27(3,16-17)21-14-19(15-21)6-8-22-9-7-20-5-4-11-28-24(20)29-22/h7,9,13,16,19,21,23,32H,4-6,8,10-12,14-15H2,1-3H3,(H,28,29)(H,30,35)(H,33,34)/t19?,21?,23-,27?/m0/s1. The molecule has 4 N–H and O–H groups in total. The summed E-state index contributed by atoms with van der Waals surface area (Å²) in [6.45, 7) is 6.69. The van der Waals surface area contributed by atoms with Gasteiger partial charge in [0.15, 0.2) is 0 Å². The molecule has 2 amide bonds. The number of fused-ring (bicyclic) bond motifs is 1. The molecule has 8 heteroatoms. The molecule has 8 nitrogen and oxygen atoms in total. The smallest absolute Gasteiger partial charge is 0.326 e. The first-order chi connectivity index (χ1) is 16.7. The van der Waals surface area contributed by atoms with Crippen molar-refractivity contribution in [2.45, 2.75) is 77.3 Å². The van der Waals surface area contributed by atoms with Crippen molar-refractivity contribution in [3.05, 3.63) is 46.8 Å². The summed E-state index contributed by atoms with van der Waals surface area (Å²) in [5, 5.41) is 24.7. The molecule has 0 radical (unpaired) electrons. The number of urea groups is 1. The second-order valence-corrected chi connectivity index (χ2v) is 10.5. The van der Waals surface area contributed by atoms with Crippen LogP contribution in [0.4, 0.5) is 10.6 Å². The van der Waals surface area contributed by atoms with Crippen LogP contribution in [0.5, 0.6) is 0 Å². The summed E-state index contributed by atoms with van der Waals surface area (Å²) in [7, 11) is 0. The number of aliphatic hydroxyl groups is 1. The summed E-state index contributed by atoms with van der Waals surface area (Å²) >= 11 is 0. The van der Waals surface area contributed by atoms with E-state index in [1.54, 1.807) is 4.90 Å². The van der Waals surface area contributed by atoms with E-state index in [0.717, 1.165) is 67.9 Å². The van der Waals surface area contributed by atoms with Gasteiger partial charge in [0.1, 0.15) is 11.9 Å². The molecule has 0 spiro atoms. The number of nitrogens with zero attached hydrogens (tertiary/aromatic N) is 2. The van der Waals surface area contributed by atoms with Gasteiger partial charge in [-0.25, -0.2) is 14.6 Å². The van der Waals surface area contributed by atoms with Crippen LogP contribution >= 0.6 is 0 Å². The maximum Gasteiger partial charge on any atom is 0.326 e. The minimum absolute atomic E-state index is 0.0268. The number of rotatable bonds is 8. The van der Waals surface area contributed by atoms with Gasteiger partial charge < -0.3 is 20.8 Å². The minimum Gasteiger partial charge on any atom is -0.480 e. The molecule has 1 fully saturated rings. The Bertz CT molecular complexity index is 1030. The maximum absolute atomic E-state index is 13.3. The van der Waals surface area contributed by atoms with Crippen LogP contribution in [0.3, 0.4) is 0 Å². The molecular formula is C27H38N4O4. The lowest BCUT2D eigenvalue weighted by atomic mass is 9.62. The molecule has 1 unspecified atom stereocenters. The zero-order valence-corrected chi connectivity index (χ0v) is 21.0. The number of anilines is 1. The number of aliphatic carboxylic acids is 1. The number of carboxylic acid groups (broad SMARTS) is 1. The van der Waals surface area contributed by atoms with Crippen molar-refractivity contribution in [3.63, 3.8) is 0 Å². The van der Waals surface area contributed by atoms with Gasteiger partial charge >= 0.3 is 12.0 Å². The van der Waals surface area contributed by atoms with Gasteiger partial charge in [0.25, 0.3) is 0 Å². The fourth-order valence-electron chi connectivity index (χ4n) is 5.93.